The summed E-state index contributed by atoms with van der Waals surface area (Å²) in [5.74, 6) is 2.04. The number of para-hydroxylation sites is 2. The monoisotopic (exact) mass is 449 g/mol. The maximum absolute atomic E-state index is 12.1. The standard InChI is InChI=1S/C27H35N3O3/c1-2-21-13-15-22(16-14-21)32-19-6-5-18-30-24-10-4-3-9-23(24)29-26(30)12-7-17-28-27(31)25-11-8-20-33-25/h3-4,9-10,13-16,25H,2,5-8,11-12,17-20H2,1H3,(H,28,31). The van der Waals surface area contributed by atoms with E-state index in [1.165, 1.54) is 11.1 Å². The van der Waals surface area contributed by atoms with Crippen molar-refractivity contribution in [1.82, 2.24) is 14.9 Å². The number of nitrogens with one attached hydrogen (secondary N) is 1. The molecule has 0 radical (unpaired) electrons. The molecule has 6 heteroatoms. The van der Waals surface area contributed by atoms with E-state index in [4.69, 9.17) is 14.5 Å². The molecule has 0 aliphatic carbocycles. The van der Waals surface area contributed by atoms with E-state index < -0.39 is 0 Å². The number of hydrogen-bond donors (Lipinski definition) is 1. The summed E-state index contributed by atoms with van der Waals surface area (Å²) in [7, 11) is 0. The van der Waals surface area contributed by atoms with Crippen molar-refractivity contribution in [3.8, 4) is 5.75 Å². The third kappa shape index (κ3) is 6.35. The lowest BCUT2D eigenvalue weighted by Gasteiger charge is -2.12. The van der Waals surface area contributed by atoms with Crippen molar-refractivity contribution in [3.05, 3.63) is 59.9 Å². The molecule has 1 aliphatic heterocycles. The lowest BCUT2D eigenvalue weighted by molar-refractivity contribution is -0.130. The first kappa shape index (κ1) is 23.3. The fourth-order valence-corrected chi connectivity index (χ4v) is 4.31. The Morgan fingerprint density at radius 3 is 2.79 bits per heavy atom. The fraction of sp³-hybridized carbons (Fsp3) is 0.481. The molecule has 0 bridgehead atoms. The van der Waals surface area contributed by atoms with Crippen LogP contribution in [-0.2, 0) is 28.9 Å². The number of unbranched alkanes of at least 4 members (excludes halogenated alkanes) is 1. The minimum absolute atomic E-state index is 0.0188. The van der Waals surface area contributed by atoms with Gasteiger partial charge in [-0.25, -0.2) is 4.98 Å². The minimum atomic E-state index is -0.263. The second-order valence-electron chi connectivity index (χ2n) is 8.62. The summed E-state index contributed by atoms with van der Waals surface area (Å²) in [5, 5.41) is 3.01. The van der Waals surface area contributed by atoms with E-state index in [0.29, 0.717) is 19.8 Å². The molecule has 3 aromatic rings. The van der Waals surface area contributed by atoms with Gasteiger partial charge in [-0.05, 0) is 68.4 Å². The van der Waals surface area contributed by atoms with Crippen molar-refractivity contribution >= 4 is 16.9 Å². The lowest BCUT2D eigenvalue weighted by Crippen LogP contribution is -2.34. The summed E-state index contributed by atoms with van der Waals surface area (Å²) in [6.07, 6.45) is 6.28. The van der Waals surface area contributed by atoms with Gasteiger partial charge < -0.3 is 19.4 Å². The van der Waals surface area contributed by atoms with E-state index in [2.05, 4.69) is 59.3 Å². The zero-order valence-corrected chi connectivity index (χ0v) is 19.6. The number of nitrogens with zero attached hydrogens (tertiary/aromatic N) is 2. The van der Waals surface area contributed by atoms with Crippen molar-refractivity contribution in [3.63, 3.8) is 0 Å². The number of ether oxygens (including phenoxy) is 2. The zero-order chi connectivity index (χ0) is 22.9. The number of benzene rings is 2. The predicted octanol–water partition coefficient (Wildman–Crippen LogP) is 4.69. The molecule has 1 atom stereocenters. The Hall–Kier alpha value is -2.86. The van der Waals surface area contributed by atoms with Gasteiger partial charge in [0.05, 0.1) is 17.6 Å². The van der Waals surface area contributed by atoms with Crippen molar-refractivity contribution < 1.29 is 14.3 Å². The van der Waals surface area contributed by atoms with Crippen LogP contribution in [0.1, 0.15) is 50.4 Å². The Bertz CT molecular complexity index is 1020. The quantitative estimate of drug-likeness (QED) is 0.408. The lowest BCUT2D eigenvalue weighted by atomic mass is 10.2. The summed E-state index contributed by atoms with van der Waals surface area (Å²) >= 11 is 0. The van der Waals surface area contributed by atoms with Gasteiger partial charge in [0.15, 0.2) is 0 Å². The van der Waals surface area contributed by atoms with E-state index in [1.807, 2.05) is 6.07 Å². The molecule has 1 aliphatic rings. The maximum atomic E-state index is 12.1. The Kier molecular flexibility index (Phi) is 8.36. The number of carbonyl (C=O) groups excluding carboxylic acids is 1. The number of carbonyl (C=O) groups is 1. The highest BCUT2D eigenvalue weighted by Gasteiger charge is 2.22. The van der Waals surface area contributed by atoms with Gasteiger partial charge in [-0.15, -0.1) is 0 Å². The number of fused-ring (bicyclic) bond motifs is 1. The van der Waals surface area contributed by atoms with Crippen molar-refractivity contribution in [2.75, 3.05) is 19.8 Å². The largest absolute Gasteiger partial charge is 0.494 e. The number of amides is 1. The topological polar surface area (TPSA) is 65.4 Å². The van der Waals surface area contributed by atoms with E-state index in [1.54, 1.807) is 0 Å². The first-order valence-electron chi connectivity index (χ1n) is 12.3. The smallest absolute Gasteiger partial charge is 0.249 e. The van der Waals surface area contributed by atoms with Crippen LogP contribution < -0.4 is 10.1 Å². The molecule has 176 valence electrons. The van der Waals surface area contributed by atoms with Crippen molar-refractivity contribution in [2.45, 2.75) is 64.5 Å². The van der Waals surface area contributed by atoms with Crippen LogP contribution in [0.5, 0.6) is 5.75 Å². The number of aryl methyl sites for hydroxylation is 3. The molecule has 6 nitrogen and oxygen atoms in total. The van der Waals surface area contributed by atoms with Gasteiger partial charge in [0.1, 0.15) is 17.7 Å². The first-order valence-corrected chi connectivity index (χ1v) is 12.3. The average Bonchev–Trinajstić information content (AvgIpc) is 3.50. The zero-order valence-electron chi connectivity index (χ0n) is 19.6. The highest BCUT2D eigenvalue weighted by atomic mass is 16.5. The summed E-state index contributed by atoms with van der Waals surface area (Å²) in [5.41, 5.74) is 3.53. The summed E-state index contributed by atoms with van der Waals surface area (Å²) in [6, 6.07) is 16.7. The Morgan fingerprint density at radius 1 is 1.15 bits per heavy atom. The molecular formula is C27H35N3O3. The predicted molar refractivity (Wildman–Crippen MR) is 131 cm³/mol. The van der Waals surface area contributed by atoms with Crippen LogP contribution in [0.4, 0.5) is 0 Å². The molecule has 1 N–H and O–H groups in total. The second kappa shape index (κ2) is 11.8. The molecule has 1 unspecified atom stereocenters. The molecule has 1 saturated heterocycles. The van der Waals surface area contributed by atoms with Gasteiger partial charge in [0, 0.05) is 26.1 Å². The van der Waals surface area contributed by atoms with E-state index in [9.17, 15) is 4.79 Å². The van der Waals surface area contributed by atoms with Gasteiger partial charge >= 0.3 is 0 Å². The fourth-order valence-electron chi connectivity index (χ4n) is 4.31. The molecule has 0 spiro atoms. The van der Waals surface area contributed by atoms with Crippen LogP contribution in [-0.4, -0.2) is 41.3 Å². The van der Waals surface area contributed by atoms with Crippen LogP contribution in [0, 0.1) is 0 Å². The van der Waals surface area contributed by atoms with E-state index in [0.717, 1.165) is 68.6 Å². The average molecular weight is 450 g/mol. The van der Waals surface area contributed by atoms with Crippen molar-refractivity contribution in [2.24, 2.45) is 0 Å². The highest BCUT2D eigenvalue weighted by Crippen LogP contribution is 2.19. The second-order valence-corrected chi connectivity index (χ2v) is 8.62. The van der Waals surface area contributed by atoms with Crippen LogP contribution >= 0.6 is 0 Å². The van der Waals surface area contributed by atoms with Gasteiger partial charge in [-0.1, -0.05) is 31.2 Å². The summed E-state index contributed by atoms with van der Waals surface area (Å²) < 4.78 is 13.7. The number of imidazole rings is 1. The molecule has 1 fully saturated rings. The first-order chi connectivity index (χ1) is 16.2. The Morgan fingerprint density at radius 2 is 2.00 bits per heavy atom. The Labute approximate surface area is 196 Å². The minimum Gasteiger partial charge on any atom is -0.494 e. The third-order valence-corrected chi connectivity index (χ3v) is 6.21. The molecule has 1 aromatic heterocycles. The molecule has 2 heterocycles. The van der Waals surface area contributed by atoms with Gasteiger partial charge in [0.25, 0.3) is 0 Å². The molecule has 33 heavy (non-hydrogen) atoms. The Balaban J connectivity index is 1.26. The third-order valence-electron chi connectivity index (χ3n) is 6.21. The molecule has 1 amide bonds. The van der Waals surface area contributed by atoms with E-state index in [-0.39, 0.29) is 12.0 Å². The molecule has 4 rings (SSSR count). The van der Waals surface area contributed by atoms with E-state index >= 15 is 0 Å². The number of rotatable bonds is 12. The maximum Gasteiger partial charge on any atom is 0.249 e. The summed E-state index contributed by atoms with van der Waals surface area (Å²) in [4.78, 5) is 17.0. The number of aromatic nitrogens is 2. The molecular weight excluding hydrogens is 414 g/mol. The SMILES string of the molecule is CCc1ccc(OCCCCn2c(CCCNC(=O)C3CCCO3)nc3ccccc32)cc1. The van der Waals surface area contributed by atoms with Gasteiger partial charge in [-0.2, -0.15) is 0 Å². The number of hydrogen-bond acceptors (Lipinski definition) is 4. The van der Waals surface area contributed by atoms with Gasteiger partial charge in [0.2, 0.25) is 5.91 Å². The normalized spacial score (nSPS) is 15.7. The van der Waals surface area contributed by atoms with Crippen molar-refractivity contribution in [1.29, 1.82) is 0 Å². The van der Waals surface area contributed by atoms with Gasteiger partial charge in [-0.3, -0.25) is 4.79 Å². The van der Waals surface area contributed by atoms with Crippen LogP contribution in [0.25, 0.3) is 11.0 Å². The highest BCUT2D eigenvalue weighted by molar-refractivity contribution is 5.80. The molecule has 0 saturated carbocycles. The van der Waals surface area contributed by atoms with Crippen LogP contribution in [0.15, 0.2) is 48.5 Å². The van der Waals surface area contributed by atoms with Crippen LogP contribution in [0.2, 0.25) is 0 Å². The van der Waals surface area contributed by atoms with Crippen LogP contribution in [0.3, 0.4) is 0 Å². The summed E-state index contributed by atoms with van der Waals surface area (Å²) in [6.45, 7) is 5.12. The molecule has 2 aromatic carbocycles.